The standard InChI is InChI=1S/C13H16ClN3O/c1-17-8-6-10(7-9-17)15-16-13(18)11-4-2-3-5-12(11)14/h2-5H,6-9H2,1H3,(H,16,18). The Kier molecular flexibility index (Phi) is 4.33. The predicted molar refractivity (Wildman–Crippen MR) is 73.1 cm³/mol. The van der Waals surface area contributed by atoms with E-state index in [-0.39, 0.29) is 5.91 Å². The van der Waals surface area contributed by atoms with E-state index in [2.05, 4.69) is 22.5 Å². The molecule has 0 saturated carbocycles. The van der Waals surface area contributed by atoms with Crippen molar-refractivity contribution in [2.24, 2.45) is 5.10 Å². The third kappa shape index (κ3) is 3.31. The summed E-state index contributed by atoms with van der Waals surface area (Å²) in [7, 11) is 2.08. The van der Waals surface area contributed by atoms with Crippen molar-refractivity contribution < 1.29 is 4.79 Å². The Labute approximate surface area is 112 Å². The van der Waals surface area contributed by atoms with Crippen LogP contribution in [0.1, 0.15) is 23.2 Å². The van der Waals surface area contributed by atoms with E-state index in [9.17, 15) is 4.79 Å². The minimum Gasteiger partial charge on any atom is -0.306 e. The Balaban J connectivity index is 1.96. The molecule has 1 saturated heterocycles. The Morgan fingerprint density at radius 2 is 2.00 bits per heavy atom. The van der Waals surface area contributed by atoms with Crippen molar-refractivity contribution in [3.8, 4) is 0 Å². The van der Waals surface area contributed by atoms with E-state index in [1.165, 1.54) is 0 Å². The second kappa shape index (κ2) is 5.98. The molecule has 1 amide bonds. The number of halogens is 1. The summed E-state index contributed by atoms with van der Waals surface area (Å²) in [6, 6.07) is 6.96. The summed E-state index contributed by atoms with van der Waals surface area (Å²) in [5.41, 5.74) is 4.06. The number of carbonyl (C=O) groups is 1. The zero-order chi connectivity index (χ0) is 13.0. The molecule has 0 radical (unpaired) electrons. The van der Waals surface area contributed by atoms with Crippen LogP contribution in [0.2, 0.25) is 5.02 Å². The summed E-state index contributed by atoms with van der Waals surface area (Å²) in [5, 5.41) is 4.61. The molecule has 1 aromatic carbocycles. The molecule has 1 heterocycles. The van der Waals surface area contributed by atoms with E-state index < -0.39 is 0 Å². The molecule has 5 heteroatoms. The number of rotatable bonds is 2. The summed E-state index contributed by atoms with van der Waals surface area (Å²) >= 11 is 5.94. The molecule has 0 atom stereocenters. The molecule has 0 aromatic heterocycles. The lowest BCUT2D eigenvalue weighted by Gasteiger charge is -2.22. The highest BCUT2D eigenvalue weighted by atomic mass is 35.5. The van der Waals surface area contributed by atoms with Crippen molar-refractivity contribution in [3.63, 3.8) is 0 Å². The maximum Gasteiger partial charge on any atom is 0.272 e. The maximum atomic E-state index is 11.9. The van der Waals surface area contributed by atoms with Crippen LogP contribution in [0, 0.1) is 0 Å². The number of carbonyl (C=O) groups excluding carboxylic acids is 1. The molecule has 1 aromatic rings. The molecule has 1 N–H and O–H groups in total. The van der Waals surface area contributed by atoms with Gasteiger partial charge in [-0.25, -0.2) is 5.43 Å². The Morgan fingerprint density at radius 1 is 1.33 bits per heavy atom. The van der Waals surface area contributed by atoms with Gasteiger partial charge in [0.25, 0.3) is 5.91 Å². The minimum absolute atomic E-state index is 0.257. The van der Waals surface area contributed by atoms with E-state index in [4.69, 9.17) is 11.6 Å². The van der Waals surface area contributed by atoms with Crippen LogP contribution in [0.4, 0.5) is 0 Å². The lowest BCUT2D eigenvalue weighted by molar-refractivity contribution is 0.0954. The van der Waals surface area contributed by atoms with Crippen LogP contribution in [-0.4, -0.2) is 36.7 Å². The Hall–Kier alpha value is -1.39. The number of piperidine rings is 1. The van der Waals surface area contributed by atoms with Gasteiger partial charge in [0.15, 0.2) is 0 Å². The van der Waals surface area contributed by atoms with Crippen LogP contribution < -0.4 is 5.43 Å². The third-order valence-corrected chi connectivity index (χ3v) is 3.33. The highest BCUT2D eigenvalue weighted by Gasteiger charge is 2.12. The summed E-state index contributed by atoms with van der Waals surface area (Å²) in [6.45, 7) is 1.97. The SMILES string of the molecule is CN1CCC(=NNC(=O)c2ccccc2Cl)CC1. The van der Waals surface area contributed by atoms with Gasteiger partial charge >= 0.3 is 0 Å². The van der Waals surface area contributed by atoms with Crippen molar-refractivity contribution in [2.45, 2.75) is 12.8 Å². The van der Waals surface area contributed by atoms with Crippen molar-refractivity contribution >= 4 is 23.2 Å². The van der Waals surface area contributed by atoms with Gasteiger partial charge in [0.2, 0.25) is 0 Å². The van der Waals surface area contributed by atoms with Gasteiger partial charge in [0.05, 0.1) is 10.6 Å². The van der Waals surface area contributed by atoms with E-state index in [0.29, 0.717) is 10.6 Å². The molecule has 0 aliphatic carbocycles. The number of likely N-dealkylation sites (tertiary alicyclic amines) is 1. The van der Waals surface area contributed by atoms with E-state index >= 15 is 0 Å². The second-order valence-electron chi connectivity index (χ2n) is 4.40. The Morgan fingerprint density at radius 3 is 2.67 bits per heavy atom. The zero-order valence-electron chi connectivity index (χ0n) is 10.3. The summed E-state index contributed by atoms with van der Waals surface area (Å²) in [4.78, 5) is 14.1. The fraction of sp³-hybridized carbons (Fsp3) is 0.385. The van der Waals surface area contributed by atoms with Crippen LogP contribution in [0.15, 0.2) is 29.4 Å². The van der Waals surface area contributed by atoms with Crippen LogP contribution in [0.5, 0.6) is 0 Å². The number of hydrogen-bond acceptors (Lipinski definition) is 3. The van der Waals surface area contributed by atoms with Crippen LogP contribution in [0.3, 0.4) is 0 Å². The fourth-order valence-corrected chi connectivity index (χ4v) is 2.05. The van der Waals surface area contributed by atoms with E-state index in [1.54, 1.807) is 24.3 Å². The Bertz CT molecular complexity index is 463. The van der Waals surface area contributed by atoms with Gasteiger partial charge in [-0.3, -0.25) is 4.79 Å². The quantitative estimate of drug-likeness (QED) is 0.833. The molecule has 2 rings (SSSR count). The average molecular weight is 266 g/mol. The lowest BCUT2D eigenvalue weighted by atomic mass is 10.1. The fourth-order valence-electron chi connectivity index (χ4n) is 1.82. The lowest BCUT2D eigenvalue weighted by Crippen LogP contribution is -2.32. The topological polar surface area (TPSA) is 44.7 Å². The molecule has 4 nitrogen and oxygen atoms in total. The molecule has 0 unspecified atom stereocenters. The molecule has 0 bridgehead atoms. The van der Waals surface area contributed by atoms with Gasteiger partial charge in [0.1, 0.15) is 0 Å². The molecule has 18 heavy (non-hydrogen) atoms. The van der Waals surface area contributed by atoms with Crippen LogP contribution in [0.25, 0.3) is 0 Å². The number of nitrogens with one attached hydrogen (secondary N) is 1. The largest absolute Gasteiger partial charge is 0.306 e. The van der Waals surface area contributed by atoms with Gasteiger partial charge in [-0.2, -0.15) is 5.10 Å². The number of benzene rings is 1. The number of amides is 1. The zero-order valence-corrected chi connectivity index (χ0v) is 11.1. The molecular weight excluding hydrogens is 250 g/mol. The normalized spacial score (nSPS) is 16.4. The van der Waals surface area contributed by atoms with Crippen LogP contribution in [-0.2, 0) is 0 Å². The number of hydrazone groups is 1. The number of hydrogen-bond donors (Lipinski definition) is 1. The van der Waals surface area contributed by atoms with Crippen molar-refractivity contribution in [2.75, 3.05) is 20.1 Å². The third-order valence-electron chi connectivity index (χ3n) is 3.00. The average Bonchev–Trinajstić information content (AvgIpc) is 2.38. The molecule has 1 fully saturated rings. The van der Waals surface area contributed by atoms with E-state index in [0.717, 1.165) is 31.6 Å². The molecule has 96 valence electrons. The first-order valence-corrected chi connectivity index (χ1v) is 6.33. The van der Waals surface area contributed by atoms with Crippen molar-refractivity contribution in [3.05, 3.63) is 34.9 Å². The predicted octanol–water partition coefficient (Wildman–Crippen LogP) is 2.15. The first-order valence-electron chi connectivity index (χ1n) is 5.95. The van der Waals surface area contributed by atoms with Gasteiger partial charge < -0.3 is 4.90 Å². The van der Waals surface area contributed by atoms with Crippen molar-refractivity contribution in [1.82, 2.24) is 10.3 Å². The maximum absolute atomic E-state index is 11.9. The first-order chi connectivity index (χ1) is 8.66. The monoisotopic (exact) mass is 265 g/mol. The summed E-state index contributed by atoms with van der Waals surface area (Å²) < 4.78 is 0. The second-order valence-corrected chi connectivity index (χ2v) is 4.81. The van der Waals surface area contributed by atoms with Gasteiger partial charge in [-0.15, -0.1) is 0 Å². The molecular formula is C13H16ClN3O. The van der Waals surface area contributed by atoms with Gasteiger partial charge in [-0.05, 0) is 19.2 Å². The molecule has 0 spiro atoms. The van der Waals surface area contributed by atoms with E-state index in [1.807, 2.05) is 0 Å². The smallest absolute Gasteiger partial charge is 0.272 e. The minimum atomic E-state index is -0.257. The van der Waals surface area contributed by atoms with Crippen molar-refractivity contribution in [1.29, 1.82) is 0 Å². The number of nitrogens with zero attached hydrogens (tertiary/aromatic N) is 2. The van der Waals surface area contributed by atoms with Crippen LogP contribution >= 0.6 is 11.6 Å². The molecule has 1 aliphatic heterocycles. The summed E-state index contributed by atoms with van der Waals surface area (Å²) in [6.07, 6.45) is 1.80. The van der Waals surface area contributed by atoms with Gasteiger partial charge in [-0.1, -0.05) is 23.7 Å². The molecule has 1 aliphatic rings. The highest BCUT2D eigenvalue weighted by molar-refractivity contribution is 6.33. The van der Waals surface area contributed by atoms with Gasteiger partial charge in [0, 0.05) is 31.6 Å². The first kappa shape index (κ1) is 13.1. The summed E-state index contributed by atoms with van der Waals surface area (Å²) in [5.74, 6) is -0.257. The highest BCUT2D eigenvalue weighted by Crippen LogP contribution is 2.14.